The summed E-state index contributed by atoms with van der Waals surface area (Å²) in [5, 5.41) is 12.5. The first-order valence-electron chi connectivity index (χ1n) is 8.29. The second kappa shape index (κ2) is 7.72. The lowest BCUT2D eigenvalue weighted by Gasteiger charge is -2.22. The highest BCUT2D eigenvalue weighted by Crippen LogP contribution is 2.37. The van der Waals surface area contributed by atoms with Crippen LogP contribution in [0.25, 0.3) is 0 Å². The number of carbonyl (C=O) groups excluding carboxylic acids is 1. The van der Waals surface area contributed by atoms with Crippen LogP contribution in [0, 0.1) is 5.82 Å². The van der Waals surface area contributed by atoms with Crippen molar-refractivity contribution in [2.45, 2.75) is 25.0 Å². The Morgan fingerprint density at radius 3 is 2.68 bits per heavy atom. The predicted octanol–water partition coefficient (Wildman–Crippen LogP) is 2.18. The van der Waals surface area contributed by atoms with Gasteiger partial charge in [0, 0.05) is 35.8 Å². The van der Waals surface area contributed by atoms with Crippen LogP contribution in [-0.4, -0.2) is 34.8 Å². The molecule has 10 heteroatoms. The van der Waals surface area contributed by atoms with Crippen molar-refractivity contribution in [1.82, 2.24) is 4.57 Å². The lowest BCUT2D eigenvalue weighted by Crippen LogP contribution is -2.36. The first-order chi connectivity index (χ1) is 13.2. The molecule has 1 aromatic heterocycles. The second-order valence-electron chi connectivity index (χ2n) is 6.32. The van der Waals surface area contributed by atoms with Gasteiger partial charge in [-0.05, 0) is 24.6 Å². The number of aromatic carboxylic acids is 1. The van der Waals surface area contributed by atoms with Gasteiger partial charge < -0.3 is 25.5 Å². The molecule has 0 aliphatic carbocycles. The number of aromatic nitrogens is 1. The number of nitrogens with two attached hydrogens (primary N) is 1. The average Bonchev–Trinajstić information content (AvgIpc) is 3.02. The van der Waals surface area contributed by atoms with Gasteiger partial charge in [0.2, 0.25) is 5.91 Å². The summed E-state index contributed by atoms with van der Waals surface area (Å²) < 4.78 is 21.1. The van der Waals surface area contributed by atoms with Crippen LogP contribution in [0.4, 0.5) is 15.8 Å². The van der Waals surface area contributed by atoms with Crippen molar-refractivity contribution < 1.29 is 23.8 Å². The molecule has 28 heavy (non-hydrogen) atoms. The number of hydrogen-bond acceptors (Lipinski definition) is 5. The minimum atomic E-state index is -1.32. The molecule has 148 valence electrons. The standard InChI is InChI=1S/C18H17BrFN3O5/c1-28-16(17(21)25)9-4-5-23-13(24)7-12(14(15(9)23)18(26)27)22-11-3-2-8(19)6-10(11)20/h2-3,6-7,9,16,22H,4-5H2,1H3,(H2,21,25)(H,26,27). The second-order valence-corrected chi connectivity index (χ2v) is 7.23. The van der Waals surface area contributed by atoms with Gasteiger partial charge in [-0.3, -0.25) is 9.59 Å². The first-order valence-corrected chi connectivity index (χ1v) is 9.09. The van der Waals surface area contributed by atoms with Crippen molar-refractivity contribution in [3.05, 3.63) is 56.2 Å². The van der Waals surface area contributed by atoms with Gasteiger partial charge in [0.25, 0.3) is 5.56 Å². The lowest BCUT2D eigenvalue weighted by atomic mass is 9.92. The van der Waals surface area contributed by atoms with E-state index in [1.54, 1.807) is 6.07 Å². The van der Waals surface area contributed by atoms with Gasteiger partial charge in [-0.2, -0.15) is 0 Å². The number of carbonyl (C=O) groups is 2. The third-order valence-corrected chi connectivity index (χ3v) is 5.17. The van der Waals surface area contributed by atoms with Gasteiger partial charge in [-0.25, -0.2) is 9.18 Å². The molecule has 3 rings (SSSR count). The number of halogens is 2. The van der Waals surface area contributed by atoms with E-state index < -0.39 is 35.3 Å². The number of carboxylic acid groups (broad SMARTS) is 1. The number of nitrogens with zero attached hydrogens (tertiary/aromatic N) is 1. The predicted molar refractivity (Wildman–Crippen MR) is 102 cm³/mol. The summed E-state index contributed by atoms with van der Waals surface area (Å²) in [6.45, 7) is 0.221. The Labute approximate surface area is 167 Å². The Morgan fingerprint density at radius 1 is 1.39 bits per heavy atom. The number of carboxylic acids is 1. The number of primary amides is 1. The van der Waals surface area contributed by atoms with Crippen molar-refractivity contribution >= 4 is 39.2 Å². The molecule has 1 amide bonds. The third-order valence-electron chi connectivity index (χ3n) is 4.68. The molecule has 1 aliphatic rings. The Bertz CT molecular complexity index is 1020. The fraction of sp³-hybridized carbons (Fsp3) is 0.278. The summed E-state index contributed by atoms with van der Waals surface area (Å²) in [6.07, 6.45) is -0.779. The maximum atomic E-state index is 14.2. The molecule has 1 aliphatic heterocycles. The fourth-order valence-corrected chi connectivity index (χ4v) is 3.85. The molecule has 1 aromatic carbocycles. The molecule has 2 atom stereocenters. The molecule has 0 bridgehead atoms. The van der Waals surface area contributed by atoms with Crippen molar-refractivity contribution in [3.63, 3.8) is 0 Å². The highest BCUT2D eigenvalue weighted by atomic mass is 79.9. The summed E-state index contributed by atoms with van der Waals surface area (Å²) in [7, 11) is 1.29. The number of nitrogens with one attached hydrogen (secondary N) is 1. The van der Waals surface area contributed by atoms with E-state index in [0.717, 1.165) is 6.07 Å². The van der Waals surface area contributed by atoms with Gasteiger partial charge in [0.15, 0.2) is 0 Å². The normalized spacial score (nSPS) is 16.5. The summed E-state index contributed by atoms with van der Waals surface area (Å²) in [5.74, 6) is -3.43. The molecule has 0 radical (unpaired) electrons. The van der Waals surface area contributed by atoms with Crippen LogP contribution in [0.5, 0.6) is 0 Å². The molecular formula is C18H17BrFN3O5. The number of fused-ring (bicyclic) bond motifs is 1. The van der Waals surface area contributed by atoms with Crippen molar-refractivity contribution in [1.29, 1.82) is 0 Å². The van der Waals surface area contributed by atoms with E-state index in [2.05, 4.69) is 21.2 Å². The van der Waals surface area contributed by atoms with Gasteiger partial charge in [-0.1, -0.05) is 15.9 Å². The largest absolute Gasteiger partial charge is 0.478 e. The lowest BCUT2D eigenvalue weighted by molar-refractivity contribution is -0.129. The zero-order valence-corrected chi connectivity index (χ0v) is 16.3. The number of ether oxygens (including phenoxy) is 1. The minimum Gasteiger partial charge on any atom is -0.478 e. The number of amides is 1. The molecule has 2 heterocycles. The zero-order chi connectivity index (χ0) is 20.6. The maximum Gasteiger partial charge on any atom is 0.339 e. The number of pyridine rings is 1. The van der Waals surface area contributed by atoms with E-state index in [0.29, 0.717) is 10.9 Å². The maximum absolute atomic E-state index is 14.2. The molecule has 8 nitrogen and oxygen atoms in total. The molecule has 0 spiro atoms. The molecular weight excluding hydrogens is 437 g/mol. The SMILES string of the molecule is COC(C(N)=O)C1CCn2c1c(C(=O)O)c(Nc1ccc(Br)cc1F)cc2=O. The highest BCUT2D eigenvalue weighted by molar-refractivity contribution is 9.10. The summed E-state index contributed by atoms with van der Waals surface area (Å²) in [4.78, 5) is 36.3. The Hall–Kier alpha value is -2.72. The van der Waals surface area contributed by atoms with Crippen LogP contribution in [0.15, 0.2) is 33.5 Å². The van der Waals surface area contributed by atoms with Crippen LogP contribution in [0.2, 0.25) is 0 Å². The Morgan fingerprint density at radius 2 is 2.11 bits per heavy atom. The van der Waals surface area contributed by atoms with Crippen molar-refractivity contribution in [2.24, 2.45) is 5.73 Å². The van der Waals surface area contributed by atoms with Crippen LogP contribution in [-0.2, 0) is 16.1 Å². The first kappa shape index (κ1) is 20.0. The molecule has 0 fully saturated rings. The molecule has 0 saturated carbocycles. The van der Waals surface area contributed by atoms with E-state index in [4.69, 9.17) is 10.5 Å². The number of methoxy groups -OCH3 is 1. The number of benzene rings is 1. The van der Waals surface area contributed by atoms with Crippen molar-refractivity contribution in [3.8, 4) is 0 Å². The van der Waals surface area contributed by atoms with Crippen LogP contribution in [0.3, 0.4) is 0 Å². The number of anilines is 2. The topological polar surface area (TPSA) is 124 Å². The highest BCUT2D eigenvalue weighted by Gasteiger charge is 2.38. The van der Waals surface area contributed by atoms with E-state index >= 15 is 0 Å². The van der Waals surface area contributed by atoms with Crippen LogP contribution >= 0.6 is 15.9 Å². The van der Waals surface area contributed by atoms with Gasteiger partial charge in [-0.15, -0.1) is 0 Å². The Balaban J connectivity index is 2.18. The van der Waals surface area contributed by atoms with Crippen LogP contribution in [0.1, 0.15) is 28.4 Å². The smallest absolute Gasteiger partial charge is 0.339 e. The average molecular weight is 454 g/mol. The number of rotatable bonds is 6. The van der Waals surface area contributed by atoms with Crippen molar-refractivity contribution in [2.75, 3.05) is 12.4 Å². The van der Waals surface area contributed by atoms with Crippen LogP contribution < -0.4 is 16.6 Å². The molecule has 4 N–H and O–H groups in total. The number of hydrogen-bond donors (Lipinski definition) is 3. The summed E-state index contributed by atoms with van der Waals surface area (Å²) in [5.41, 5.74) is 4.74. The third kappa shape index (κ3) is 3.52. The molecule has 2 aromatic rings. The van der Waals surface area contributed by atoms with E-state index in [1.165, 1.54) is 23.8 Å². The molecule has 0 saturated heterocycles. The van der Waals surface area contributed by atoms with Gasteiger partial charge in [0.1, 0.15) is 17.5 Å². The Kier molecular flexibility index (Phi) is 5.52. The van der Waals surface area contributed by atoms with Gasteiger partial charge in [0.05, 0.1) is 11.4 Å². The van der Waals surface area contributed by atoms with E-state index in [1.807, 2.05) is 0 Å². The van der Waals surface area contributed by atoms with E-state index in [9.17, 15) is 23.9 Å². The van der Waals surface area contributed by atoms with Gasteiger partial charge >= 0.3 is 5.97 Å². The zero-order valence-electron chi connectivity index (χ0n) is 14.7. The monoisotopic (exact) mass is 453 g/mol. The summed E-state index contributed by atoms with van der Waals surface area (Å²) in [6, 6.07) is 5.29. The fourth-order valence-electron chi connectivity index (χ4n) is 3.52. The quantitative estimate of drug-likeness (QED) is 0.615. The van der Waals surface area contributed by atoms with E-state index in [-0.39, 0.29) is 29.2 Å². The molecule has 2 unspecified atom stereocenters. The minimum absolute atomic E-state index is 0.00258. The summed E-state index contributed by atoms with van der Waals surface area (Å²) >= 11 is 3.14.